The Kier molecular flexibility index (Phi) is 6.52. The highest BCUT2D eigenvalue weighted by atomic mass is 33.1. The average Bonchev–Trinajstić information content (AvgIpc) is 3.03. The molecule has 10 heteroatoms. The summed E-state index contributed by atoms with van der Waals surface area (Å²) in [5, 5.41) is 18.1. The van der Waals surface area contributed by atoms with E-state index in [9.17, 15) is 0 Å². The van der Waals surface area contributed by atoms with Crippen LogP contribution in [0.1, 0.15) is 39.6 Å². The summed E-state index contributed by atoms with van der Waals surface area (Å²) in [5.74, 6) is 0. The summed E-state index contributed by atoms with van der Waals surface area (Å²) >= 11 is 6.70. The quantitative estimate of drug-likeness (QED) is 0.445. The van der Waals surface area contributed by atoms with Crippen molar-refractivity contribution in [2.45, 2.75) is 57.1 Å². The van der Waals surface area contributed by atoms with Gasteiger partial charge in [0.1, 0.15) is 5.01 Å². The summed E-state index contributed by atoms with van der Waals surface area (Å²) in [7, 11) is 3.42. The van der Waals surface area contributed by atoms with E-state index in [4.69, 9.17) is 0 Å². The summed E-state index contributed by atoms with van der Waals surface area (Å²) in [4.78, 5) is 0. The average molecular weight is 411 g/mol. The van der Waals surface area contributed by atoms with Crippen molar-refractivity contribution in [3.8, 4) is 0 Å². The minimum atomic E-state index is -0.0979. The van der Waals surface area contributed by atoms with Gasteiger partial charge in [-0.25, -0.2) is 0 Å². The van der Waals surface area contributed by atoms with E-state index in [0.29, 0.717) is 0 Å². The van der Waals surface area contributed by atoms with Crippen LogP contribution < -0.4 is 0 Å². The Morgan fingerprint density at radius 1 is 0.818 bits per heavy atom. The lowest BCUT2D eigenvalue weighted by molar-refractivity contribution is 0.755. The molecule has 0 fully saturated rings. The molecule has 0 amide bonds. The van der Waals surface area contributed by atoms with Gasteiger partial charge in [-0.05, 0) is 30.9 Å². The SMILES string of the molecule is CSc1nnc(C(C)(C)SSc2nnc(SC(C)(C)C)s2)s1. The zero-order chi connectivity index (χ0) is 16.4. The molecule has 0 aliphatic rings. The minimum Gasteiger partial charge on any atom is -0.141 e. The summed E-state index contributed by atoms with van der Waals surface area (Å²) in [6, 6.07) is 0. The molecule has 0 radical (unpaired) electrons. The molecule has 0 saturated carbocycles. The summed E-state index contributed by atoms with van der Waals surface area (Å²) < 4.78 is 3.08. The standard InChI is InChI=1S/C12H18N4S6/c1-11(2,3)20-9-15-16-10(19-9)21-22-12(4,5)7-13-14-8(17-6)18-7/h1-6H3. The van der Waals surface area contributed by atoms with Crippen molar-refractivity contribution >= 4 is 67.8 Å². The van der Waals surface area contributed by atoms with Crippen molar-refractivity contribution in [1.29, 1.82) is 0 Å². The van der Waals surface area contributed by atoms with Crippen LogP contribution in [0, 0.1) is 0 Å². The maximum absolute atomic E-state index is 4.30. The number of nitrogens with zero attached hydrogens (tertiary/aromatic N) is 4. The molecular weight excluding hydrogens is 393 g/mol. The first-order valence-corrected chi connectivity index (χ1v) is 12.3. The molecule has 0 N–H and O–H groups in total. The van der Waals surface area contributed by atoms with Crippen LogP contribution in [0.2, 0.25) is 0 Å². The van der Waals surface area contributed by atoms with E-state index in [1.54, 1.807) is 67.8 Å². The molecule has 0 aromatic carbocycles. The third-order valence-electron chi connectivity index (χ3n) is 2.20. The van der Waals surface area contributed by atoms with Crippen LogP contribution in [0.3, 0.4) is 0 Å². The fourth-order valence-electron chi connectivity index (χ4n) is 1.25. The Balaban J connectivity index is 1.97. The van der Waals surface area contributed by atoms with E-state index >= 15 is 0 Å². The van der Waals surface area contributed by atoms with Gasteiger partial charge >= 0.3 is 0 Å². The Hall–Kier alpha value is 0.520. The maximum atomic E-state index is 4.30. The Labute approximate surface area is 155 Å². The van der Waals surface area contributed by atoms with Crippen LogP contribution >= 0.6 is 67.8 Å². The molecule has 0 saturated heterocycles. The second kappa shape index (κ2) is 7.60. The van der Waals surface area contributed by atoms with Gasteiger partial charge in [-0.2, -0.15) is 0 Å². The first-order valence-electron chi connectivity index (χ1n) is 6.46. The van der Waals surface area contributed by atoms with Crippen LogP contribution in [0.4, 0.5) is 0 Å². The van der Waals surface area contributed by atoms with E-state index < -0.39 is 0 Å². The summed E-state index contributed by atoms with van der Waals surface area (Å²) in [6.45, 7) is 10.9. The molecule has 0 aliphatic heterocycles. The van der Waals surface area contributed by atoms with Crippen LogP contribution in [0.5, 0.6) is 0 Å². The molecule has 122 valence electrons. The molecule has 2 heterocycles. The van der Waals surface area contributed by atoms with Gasteiger partial charge < -0.3 is 0 Å². The predicted molar refractivity (Wildman–Crippen MR) is 104 cm³/mol. The highest BCUT2D eigenvalue weighted by molar-refractivity contribution is 8.77. The van der Waals surface area contributed by atoms with Crippen LogP contribution in [0.15, 0.2) is 13.0 Å². The molecule has 2 aromatic heterocycles. The van der Waals surface area contributed by atoms with Crippen molar-refractivity contribution in [3.63, 3.8) is 0 Å². The van der Waals surface area contributed by atoms with Crippen molar-refractivity contribution < 1.29 is 0 Å². The lowest BCUT2D eigenvalue weighted by Gasteiger charge is -2.18. The molecule has 22 heavy (non-hydrogen) atoms. The number of aromatic nitrogens is 4. The highest BCUT2D eigenvalue weighted by Crippen LogP contribution is 2.49. The largest absolute Gasteiger partial charge is 0.185 e. The third kappa shape index (κ3) is 5.55. The Morgan fingerprint density at radius 2 is 1.45 bits per heavy atom. The molecule has 4 nitrogen and oxygen atoms in total. The number of thioether (sulfide) groups is 2. The van der Waals surface area contributed by atoms with E-state index in [1.807, 2.05) is 6.26 Å². The minimum absolute atomic E-state index is 0.0979. The third-order valence-corrected chi connectivity index (χ3v) is 10.1. The van der Waals surface area contributed by atoms with Gasteiger partial charge in [-0.1, -0.05) is 77.8 Å². The topological polar surface area (TPSA) is 51.6 Å². The lowest BCUT2D eigenvalue weighted by Crippen LogP contribution is -2.09. The first-order chi connectivity index (χ1) is 10.2. The number of rotatable bonds is 6. The summed E-state index contributed by atoms with van der Waals surface area (Å²) in [6.07, 6.45) is 2.02. The maximum Gasteiger partial charge on any atom is 0.185 e. The van der Waals surface area contributed by atoms with Gasteiger partial charge in [0.05, 0.1) is 4.75 Å². The molecule has 2 rings (SSSR count). The second-order valence-electron chi connectivity index (χ2n) is 5.80. The molecule has 0 atom stereocenters. The number of hydrogen-bond acceptors (Lipinski definition) is 10. The van der Waals surface area contributed by atoms with Gasteiger partial charge in [0.2, 0.25) is 0 Å². The first kappa shape index (κ1) is 18.9. The Morgan fingerprint density at radius 3 is 2.05 bits per heavy atom. The van der Waals surface area contributed by atoms with Gasteiger partial charge in [0, 0.05) is 4.75 Å². The van der Waals surface area contributed by atoms with Gasteiger partial charge in [0.25, 0.3) is 0 Å². The zero-order valence-corrected chi connectivity index (χ0v) is 18.1. The summed E-state index contributed by atoms with van der Waals surface area (Å²) in [5.41, 5.74) is 0. The number of hydrogen-bond donors (Lipinski definition) is 0. The second-order valence-corrected chi connectivity index (χ2v) is 13.9. The smallest absolute Gasteiger partial charge is 0.141 e. The molecule has 0 spiro atoms. The Bertz CT molecular complexity index is 615. The molecular formula is C12H18N4S6. The molecule has 0 unspecified atom stereocenters. The van der Waals surface area contributed by atoms with Gasteiger partial charge in [0.15, 0.2) is 13.0 Å². The molecule has 0 bridgehead atoms. The van der Waals surface area contributed by atoms with Crippen LogP contribution in [0.25, 0.3) is 0 Å². The predicted octanol–water partition coefficient (Wildman–Crippen LogP) is 5.68. The van der Waals surface area contributed by atoms with E-state index in [1.165, 1.54) is 0 Å². The molecule has 2 aromatic rings. The molecule has 0 aliphatic carbocycles. The van der Waals surface area contributed by atoms with Crippen LogP contribution in [-0.4, -0.2) is 31.4 Å². The zero-order valence-electron chi connectivity index (χ0n) is 13.2. The highest BCUT2D eigenvalue weighted by Gasteiger charge is 2.28. The van der Waals surface area contributed by atoms with E-state index in [0.717, 1.165) is 18.0 Å². The normalized spacial score (nSPS) is 12.8. The van der Waals surface area contributed by atoms with Crippen LogP contribution in [-0.2, 0) is 4.75 Å². The van der Waals surface area contributed by atoms with Crippen molar-refractivity contribution in [1.82, 2.24) is 20.4 Å². The fourth-order valence-corrected chi connectivity index (χ4v) is 7.78. The monoisotopic (exact) mass is 410 g/mol. The fraction of sp³-hybridized carbons (Fsp3) is 0.667. The van der Waals surface area contributed by atoms with Crippen molar-refractivity contribution in [2.75, 3.05) is 6.26 Å². The van der Waals surface area contributed by atoms with Crippen molar-refractivity contribution in [2.24, 2.45) is 0 Å². The van der Waals surface area contributed by atoms with Crippen molar-refractivity contribution in [3.05, 3.63) is 5.01 Å². The van der Waals surface area contributed by atoms with E-state index in [-0.39, 0.29) is 9.49 Å². The van der Waals surface area contributed by atoms with E-state index in [2.05, 4.69) is 55.0 Å². The van der Waals surface area contributed by atoms with Gasteiger partial charge in [-0.3, -0.25) is 0 Å². The lowest BCUT2D eigenvalue weighted by atomic mass is 10.2. The van der Waals surface area contributed by atoms with Gasteiger partial charge in [-0.15, -0.1) is 20.4 Å².